The molecule has 0 bridgehead atoms. The SMILES string of the molecule is CN(C)C(Cc1ccc(O)cc1)C1C=CCCC1. The second-order valence-electron chi connectivity index (χ2n) is 5.42. The number of rotatable bonds is 4. The van der Waals surface area contributed by atoms with Gasteiger partial charge in [0.25, 0.3) is 0 Å². The minimum absolute atomic E-state index is 0.345. The van der Waals surface area contributed by atoms with Crippen molar-refractivity contribution in [3.05, 3.63) is 42.0 Å². The molecule has 1 aliphatic rings. The Morgan fingerprint density at radius 1 is 1.28 bits per heavy atom. The zero-order chi connectivity index (χ0) is 13.0. The van der Waals surface area contributed by atoms with Crippen molar-refractivity contribution in [2.45, 2.75) is 31.7 Å². The monoisotopic (exact) mass is 245 g/mol. The second-order valence-corrected chi connectivity index (χ2v) is 5.42. The maximum atomic E-state index is 9.33. The number of allylic oxidation sites excluding steroid dienone is 1. The fraction of sp³-hybridized carbons (Fsp3) is 0.500. The number of hydrogen-bond donors (Lipinski definition) is 1. The van der Waals surface area contributed by atoms with E-state index >= 15 is 0 Å². The normalized spacial score (nSPS) is 21.2. The highest BCUT2D eigenvalue weighted by Gasteiger charge is 2.22. The third-order valence-corrected chi connectivity index (χ3v) is 3.83. The van der Waals surface area contributed by atoms with Crippen molar-refractivity contribution >= 4 is 0 Å². The average Bonchev–Trinajstić information content (AvgIpc) is 2.38. The van der Waals surface area contributed by atoms with Crippen LogP contribution in [0.4, 0.5) is 0 Å². The van der Waals surface area contributed by atoms with Gasteiger partial charge < -0.3 is 10.0 Å². The molecule has 1 aromatic carbocycles. The minimum atomic E-state index is 0.345. The Hall–Kier alpha value is -1.28. The van der Waals surface area contributed by atoms with Crippen LogP contribution in [0.3, 0.4) is 0 Å². The summed E-state index contributed by atoms with van der Waals surface area (Å²) in [5.41, 5.74) is 1.30. The van der Waals surface area contributed by atoms with E-state index in [0.717, 1.165) is 6.42 Å². The molecule has 2 nitrogen and oxygen atoms in total. The molecule has 0 aromatic heterocycles. The quantitative estimate of drug-likeness (QED) is 0.823. The van der Waals surface area contributed by atoms with Gasteiger partial charge in [-0.15, -0.1) is 0 Å². The van der Waals surface area contributed by atoms with Crippen LogP contribution in [-0.4, -0.2) is 30.1 Å². The van der Waals surface area contributed by atoms with E-state index in [1.807, 2.05) is 12.1 Å². The lowest BCUT2D eigenvalue weighted by Gasteiger charge is -2.32. The first-order chi connectivity index (χ1) is 8.66. The molecule has 1 aromatic rings. The Kier molecular flexibility index (Phi) is 4.43. The topological polar surface area (TPSA) is 23.5 Å². The Morgan fingerprint density at radius 2 is 2.00 bits per heavy atom. The van der Waals surface area contributed by atoms with E-state index in [-0.39, 0.29) is 0 Å². The van der Waals surface area contributed by atoms with Crippen LogP contribution in [0, 0.1) is 5.92 Å². The molecule has 0 saturated heterocycles. The highest BCUT2D eigenvalue weighted by atomic mass is 16.3. The third-order valence-electron chi connectivity index (χ3n) is 3.83. The maximum absolute atomic E-state index is 9.33. The summed E-state index contributed by atoms with van der Waals surface area (Å²) in [4.78, 5) is 2.33. The van der Waals surface area contributed by atoms with Crippen LogP contribution >= 0.6 is 0 Å². The fourth-order valence-corrected chi connectivity index (χ4v) is 2.75. The fourth-order valence-electron chi connectivity index (χ4n) is 2.75. The van der Waals surface area contributed by atoms with Gasteiger partial charge in [-0.2, -0.15) is 0 Å². The molecule has 18 heavy (non-hydrogen) atoms. The van der Waals surface area contributed by atoms with Crippen LogP contribution < -0.4 is 0 Å². The van der Waals surface area contributed by atoms with E-state index in [2.05, 4.69) is 31.1 Å². The first kappa shape index (κ1) is 13.2. The van der Waals surface area contributed by atoms with E-state index in [1.54, 1.807) is 12.1 Å². The summed E-state index contributed by atoms with van der Waals surface area (Å²) in [6.07, 6.45) is 9.58. The molecule has 2 atom stereocenters. The van der Waals surface area contributed by atoms with Gasteiger partial charge in [-0.05, 0) is 63.4 Å². The first-order valence-electron chi connectivity index (χ1n) is 6.78. The molecule has 0 heterocycles. The van der Waals surface area contributed by atoms with Crippen LogP contribution in [0.15, 0.2) is 36.4 Å². The number of likely N-dealkylation sites (N-methyl/N-ethyl adjacent to an activating group) is 1. The zero-order valence-corrected chi connectivity index (χ0v) is 11.3. The summed E-state index contributed by atoms with van der Waals surface area (Å²) >= 11 is 0. The number of aromatic hydroxyl groups is 1. The Bertz CT molecular complexity index is 394. The van der Waals surface area contributed by atoms with Crippen LogP contribution in [0.2, 0.25) is 0 Å². The van der Waals surface area contributed by atoms with Crippen molar-refractivity contribution in [1.29, 1.82) is 0 Å². The lowest BCUT2D eigenvalue weighted by molar-refractivity contribution is 0.223. The van der Waals surface area contributed by atoms with Crippen LogP contribution in [0.25, 0.3) is 0 Å². The van der Waals surface area contributed by atoms with Crippen LogP contribution in [0.5, 0.6) is 5.75 Å². The molecule has 0 radical (unpaired) electrons. The average molecular weight is 245 g/mol. The van der Waals surface area contributed by atoms with Crippen LogP contribution in [0.1, 0.15) is 24.8 Å². The highest BCUT2D eigenvalue weighted by Crippen LogP contribution is 2.25. The molecule has 0 saturated carbocycles. The van der Waals surface area contributed by atoms with Gasteiger partial charge in [0.05, 0.1) is 0 Å². The minimum Gasteiger partial charge on any atom is -0.508 e. The molecular weight excluding hydrogens is 222 g/mol. The third kappa shape index (κ3) is 3.36. The lowest BCUT2D eigenvalue weighted by Crippen LogP contribution is -2.37. The van der Waals surface area contributed by atoms with Gasteiger partial charge in [-0.1, -0.05) is 24.3 Å². The Morgan fingerprint density at radius 3 is 2.56 bits per heavy atom. The predicted octanol–water partition coefficient (Wildman–Crippen LogP) is 3.22. The Labute approximate surface area is 110 Å². The standard InChI is InChI=1S/C16H23NO/c1-17(2)16(14-6-4-3-5-7-14)12-13-8-10-15(18)11-9-13/h4,6,8-11,14,16,18H,3,5,7,12H2,1-2H3. The second kappa shape index (κ2) is 6.05. The number of benzene rings is 1. The van der Waals surface area contributed by atoms with Crippen molar-refractivity contribution in [1.82, 2.24) is 4.90 Å². The molecule has 0 aliphatic heterocycles. The molecule has 1 aliphatic carbocycles. The summed E-state index contributed by atoms with van der Waals surface area (Å²) in [5, 5.41) is 9.33. The van der Waals surface area contributed by atoms with E-state index in [0.29, 0.717) is 17.7 Å². The lowest BCUT2D eigenvalue weighted by atomic mass is 9.85. The summed E-state index contributed by atoms with van der Waals surface area (Å²) in [5.74, 6) is 1.00. The number of nitrogens with zero attached hydrogens (tertiary/aromatic N) is 1. The molecule has 2 rings (SSSR count). The number of hydrogen-bond acceptors (Lipinski definition) is 2. The largest absolute Gasteiger partial charge is 0.508 e. The summed E-state index contributed by atoms with van der Waals surface area (Å²) in [6.45, 7) is 0. The first-order valence-corrected chi connectivity index (χ1v) is 6.78. The maximum Gasteiger partial charge on any atom is 0.115 e. The van der Waals surface area contributed by atoms with E-state index in [4.69, 9.17) is 0 Å². The summed E-state index contributed by atoms with van der Waals surface area (Å²) < 4.78 is 0. The molecule has 0 fully saturated rings. The van der Waals surface area contributed by atoms with Crippen molar-refractivity contribution in [3.8, 4) is 5.75 Å². The zero-order valence-electron chi connectivity index (χ0n) is 11.3. The highest BCUT2D eigenvalue weighted by molar-refractivity contribution is 5.26. The van der Waals surface area contributed by atoms with Gasteiger partial charge in [0.15, 0.2) is 0 Å². The van der Waals surface area contributed by atoms with Crippen LogP contribution in [-0.2, 0) is 6.42 Å². The molecule has 2 unspecified atom stereocenters. The van der Waals surface area contributed by atoms with Crippen molar-refractivity contribution in [2.24, 2.45) is 5.92 Å². The molecular formula is C16H23NO. The van der Waals surface area contributed by atoms with Gasteiger partial charge in [0.1, 0.15) is 5.75 Å². The van der Waals surface area contributed by atoms with Crippen molar-refractivity contribution in [3.63, 3.8) is 0 Å². The molecule has 0 spiro atoms. The molecule has 1 N–H and O–H groups in total. The predicted molar refractivity (Wildman–Crippen MR) is 75.8 cm³/mol. The van der Waals surface area contributed by atoms with Crippen molar-refractivity contribution in [2.75, 3.05) is 14.1 Å². The van der Waals surface area contributed by atoms with Gasteiger partial charge >= 0.3 is 0 Å². The van der Waals surface area contributed by atoms with Gasteiger partial charge in [0.2, 0.25) is 0 Å². The molecule has 0 amide bonds. The van der Waals surface area contributed by atoms with Gasteiger partial charge in [-0.3, -0.25) is 0 Å². The Balaban J connectivity index is 2.08. The number of phenolic OH excluding ortho intramolecular Hbond substituents is 1. The van der Waals surface area contributed by atoms with E-state index in [9.17, 15) is 5.11 Å². The summed E-state index contributed by atoms with van der Waals surface area (Å²) in [6, 6.07) is 8.15. The smallest absolute Gasteiger partial charge is 0.115 e. The van der Waals surface area contributed by atoms with E-state index < -0.39 is 0 Å². The molecule has 2 heteroatoms. The summed E-state index contributed by atoms with van der Waals surface area (Å²) in [7, 11) is 4.32. The number of phenols is 1. The van der Waals surface area contributed by atoms with Gasteiger partial charge in [-0.25, -0.2) is 0 Å². The van der Waals surface area contributed by atoms with E-state index in [1.165, 1.54) is 24.8 Å². The van der Waals surface area contributed by atoms with Gasteiger partial charge in [0, 0.05) is 6.04 Å². The molecule has 98 valence electrons. The van der Waals surface area contributed by atoms with Crippen molar-refractivity contribution < 1.29 is 5.11 Å².